The van der Waals surface area contributed by atoms with Crippen LogP contribution in [-0.4, -0.2) is 24.4 Å². The van der Waals surface area contributed by atoms with Crippen molar-refractivity contribution in [3.63, 3.8) is 0 Å². The Balaban J connectivity index is 0.00000361. The van der Waals surface area contributed by atoms with Gasteiger partial charge >= 0.3 is 0 Å². The second-order valence-electron chi connectivity index (χ2n) is 4.79. The summed E-state index contributed by atoms with van der Waals surface area (Å²) in [6, 6.07) is 1.43. The minimum atomic E-state index is -0.577. The molecule has 0 radical (unpaired) electrons. The van der Waals surface area contributed by atoms with Crippen molar-refractivity contribution in [1.82, 2.24) is 10.6 Å². The molecule has 0 spiro atoms. The predicted octanol–water partition coefficient (Wildman–Crippen LogP) is 1.19. The van der Waals surface area contributed by atoms with Crippen LogP contribution in [0.1, 0.15) is 24.3 Å². The van der Waals surface area contributed by atoms with Crippen molar-refractivity contribution in [2.75, 3.05) is 6.54 Å². The van der Waals surface area contributed by atoms with Gasteiger partial charge in [0.25, 0.3) is 0 Å². The van der Waals surface area contributed by atoms with Crippen molar-refractivity contribution in [3.05, 3.63) is 21.9 Å². The van der Waals surface area contributed by atoms with Crippen LogP contribution in [0.2, 0.25) is 0 Å². The Morgan fingerprint density at radius 3 is 2.50 bits per heavy atom. The van der Waals surface area contributed by atoms with Gasteiger partial charge in [0.05, 0.1) is 19.1 Å². The van der Waals surface area contributed by atoms with Crippen molar-refractivity contribution in [2.24, 2.45) is 11.7 Å². The highest BCUT2D eigenvalue weighted by atomic mass is 35.5. The van der Waals surface area contributed by atoms with Crippen molar-refractivity contribution in [1.29, 1.82) is 0 Å². The molecule has 1 aromatic heterocycles. The summed E-state index contributed by atoms with van der Waals surface area (Å²) in [6.07, 6.45) is 0. The average Bonchev–Trinajstić information content (AvgIpc) is 2.77. The molecule has 4 N–H and O–H groups in total. The zero-order valence-corrected chi connectivity index (χ0v) is 13.6. The highest BCUT2D eigenvalue weighted by Gasteiger charge is 2.17. The number of carbonyl (C=O) groups is 2. The number of aryl methyl sites for hydroxylation is 1. The second kappa shape index (κ2) is 8.94. The SMILES string of the molecule is Cc1ccsc1CNC(=O)CNC(=O)[C@@H](N)C(C)C.Cl. The molecule has 7 heteroatoms. The van der Waals surface area contributed by atoms with Gasteiger partial charge in [-0.25, -0.2) is 0 Å². The van der Waals surface area contributed by atoms with Gasteiger partial charge in [0, 0.05) is 4.88 Å². The highest BCUT2D eigenvalue weighted by molar-refractivity contribution is 7.10. The number of hydrogen-bond acceptors (Lipinski definition) is 4. The smallest absolute Gasteiger partial charge is 0.239 e. The molecule has 1 aromatic rings. The minimum Gasteiger partial charge on any atom is -0.350 e. The van der Waals surface area contributed by atoms with E-state index in [0.29, 0.717) is 6.54 Å². The van der Waals surface area contributed by atoms with Crippen LogP contribution >= 0.6 is 23.7 Å². The predicted molar refractivity (Wildman–Crippen MR) is 84.0 cm³/mol. The molecule has 20 heavy (non-hydrogen) atoms. The molecule has 0 aliphatic heterocycles. The standard InChI is InChI=1S/C13H21N3O2S.ClH/c1-8(2)12(14)13(18)16-7-11(17)15-6-10-9(3)4-5-19-10;/h4-5,8,12H,6-7,14H2,1-3H3,(H,15,17)(H,16,18);1H/t12-;/m0./s1. The summed E-state index contributed by atoms with van der Waals surface area (Å²) in [5, 5.41) is 7.29. The molecular formula is C13H22ClN3O2S. The molecule has 0 bridgehead atoms. The lowest BCUT2D eigenvalue weighted by molar-refractivity contribution is -0.127. The summed E-state index contributed by atoms with van der Waals surface area (Å²) in [4.78, 5) is 24.3. The van der Waals surface area contributed by atoms with E-state index in [1.165, 1.54) is 0 Å². The monoisotopic (exact) mass is 319 g/mol. The van der Waals surface area contributed by atoms with E-state index in [9.17, 15) is 9.59 Å². The molecule has 1 atom stereocenters. The third-order valence-electron chi connectivity index (χ3n) is 2.86. The fraction of sp³-hybridized carbons (Fsp3) is 0.538. The molecule has 0 unspecified atom stereocenters. The lowest BCUT2D eigenvalue weighted by Crippen LogP contribution is -2.47. The van der Waals surface area contributed by atoms with Crippen LogP contribution in [0.3, 0.4) is 0 Å². The van der Waals surface area contributed by atoms with Crippen LogP contribution in [-0.2, 0) is 16.1 Å². The first-order valence-corrected chi connectivity index (χ1v) is 7.12. The van der Waals surface area contributed by atoms with E-state index >= 15 is 0 Å². The van der Waals surface area contributed by atoms with Crippen molar-refractivity contribution < 1.29 is 9.59 Å². The quantitative estimate of drug-likeness (QED) is 0.736. The van der Waals surface area contributed by atoms with Gasteiger partial charge < -0.3 is 16.4 Å². The summed E-state index contributed by atoms with van der Waals surface area (Å²) in [6.45, 7) is 6.19. The van der Waals surface area contributed by atoms with Gasteiger partial charge in [-0.15, -0.1) is 23.7 Å². The maximum atomic E-state index is 11.6. The Morgan fingerprint density at radius 1 is 1.35 bits per heavy atom. The Bertz CT molecular complexity index is 449. The van der Waals surface area contributed by atoms with Crippen LogP contribution in [0.25, 0.3) is 0 Å². The first kappa shape index (κ1) is 18.9. The number of carbonyl (C=O) groups excluding carboxylic acids is 2. The summed E-state index contributed by atoms with van der Waals surface area (Å²) in [5.74, 6) is -0.452. The van der Waals surface area contributed by atoms with Gasteiger partial charge in [-0.3, -0.25) is 9.59 Å². The summed E-state index contributed by atoms with van der Waals surface area (Å²) in [5.41, 5.74) is 6.84. The number of nitrogens with one attached hydrogen (secondary N) is 2. The molecule has 0 fully saturated rings. The molecule has 0 aromatic carbocycles. The number of hydrogen-bond donors (Lipinski definition) is 3. The van der Waals surface area contributed by atoms with E-state index < -0.39 is 6.04 Å². The number of nitrogens with two attached hydrogens (primary N) is 1. The normalized spacial score (nSPS) is 11.7. The Morgan fingerprint density at radius 2 is 2.00 bits per heavy atom. The zero-order valence-electron chi connectivity index (χ0n) is 11.9. The maximum absolute atomic E-state index is 11.6. The van der Waals surface area contributed by atoms with E-state index in [2.05, 4.69) is 10.6 Å². The summed E-state index contributed by atoms with van der Waals surface area (Å²) >= 11 is 1.60. The average molecular weight is 320 g/mol. The van der Waals surface area contributed by atoms with Gasteiger partial charge in [0.2, 0.25) is 11.8 Å². The van der Waals surface area contributed by atoms with Crippen LogP contribution in [0.15, 0.2) is 11.4 Å². The largest absolute Gasteiger partial charge is 0.350 e. The van der Waals surface area contributed by atoms with E-state index in [1.807, 2.05) is 32.2 Å². The fourth-order valence-electron chi connectivity index (χ4n) is 1.41. The molecule has 0 aliphatic carbocycles. The van der Waals surface area contributed by atoms with E-state index in [4.69, 9.17) is 5.73 Å². The summed E-state index contributed by atoms with van der Waals surface area (Å²) < 4.78 is 0. The Labute approximate surface area is 129 Å². The molecule has 1 rings (SSSR count). The second-order valence-corrected chi connectivity index (χ2v) is 5.79. The first-order chi connectivity index (χ1) is 8.91. The van der Waals surface area contributed by atoms with Gasteiger partial charge in [0.1, 0.15) is 0 Å². The molecule has 5 nitrogen and oxygen atoms in total. The van der Waals surface area contributed by atoms with Gasteiger partial charge in [-0.2, -0.15) is 0 Å². The fourth-order valence-corrected chi connectivity index (χ4v) is 2.26. The van der Waals surface area contributed by atoms with Crippen LogP contribution in [0.5, 0.6) is 0 Å². The van der Waals surface area contributed by atoms with Crippen LogP contribution in [0.4, 0.5) is 0 Å². The van der Waals surface area contributed by atoms with Crippen LogP contribution in [0, 0.1) is 12.8 Å². The number of halogens is 1. The first-order valence-electron chi connectivity index (χ1n) is 6.24. The maximum Gasteiger partial charge on any atom is 0.239 e. The highest BCUT2D eigenvalue weighted by Crippen LogP contribution is 2.14. The topological polar surface area (TPSA) is 84.2 Å². The van der Waals surface area contributed by atoms with Crippen molar-refractivity contribution >= 4 is 35.6 Å². The van der Waals surface area contributed by atoms with E-state index in [1.54, 1.807) is 11.3 Å². The van der Waals surface area contributed by atoms with Crippen molar-refractivity contribution in [3.8, 4) is 0 Å². The van der Waals surface area contributed by atoms with Crippen molar-refractivity contribution in [2.45, 2.75) is 33.4 Å². The molecule has 0 saturated heterocycles. The molecule has 0 saturated carbocycles. The minimum absolute atomic E-state index is 0. The molecule has 114 valence electrons. The van der Waals surface area contributed by atoms with E-state index in [0.717, 1.165) is 10.4 Å². The molecule has 0 aliphatic rings. The third-order valence-corrected chi connectivity index (χ3v) is 3.88. The number of thiophene rings is 1. The molecular weight excluding hydrogens is 298 g/mol. The molecule has 1 heterocycles. The zero-order chi connectivity index (χ0) is 14.4. The summed E-state index contributed by atoms with van der Waals surface area (Å²) in [7, 11) is 0. The van der Waals surface area contributed by atoms with Gasteiger partial charge in [0.15, 0.2) is 0 Å². The Kier molecular flexibility index (Phi) is 8.45. The van der Waals surface area contributed by atoms with Crippen LogP contribution < -0.4 is 16.4 Å². The third kappa shape index (κ3) is 5.90. The lowest BCUT2D eigenvalue weighted by Gasteiger charge is -2.15. The Hall–Kier alpha value is -1.11. The van der Waals surface area contributed by atoms with Gasteiger partial charge in [-0.05, 0) is 29.9 Å². The number of amides is 2. The molecule has 2 amide bonds. The van der Waals surface area contributed by atoms with E-state index in [-0.39, 0.29) is 36.7 Å². The van der Waals surface area contributed by atoms with Gasteiger partial charge in [-0.1, -0.05) is 13.8 Å². The lowest BCUT2D eigenvalue weighted by atomic mass is 10.1. The number of rotatable bonds is 6.